The van der Waals surface area contributed by atoms with E-state index in [0.29, 0.717) is 10.8 Å². The number of nitriles is 1. The summed E-state index contributed by atoms with van der Waals surface area (Å²) in [6.45, 7) is 14.2. The van der Waals surface area contributed by atoms with E-state index in [4.69, 9.17) is 0 Å². The van der Waals surface area contributed by atoms with E-state index in [0.717, 1.165) is 61.2 Å². The van der Waals surface area contributed by atoms with E-state index in [1.54, 1.807) is 0 Å². The van der Waals surface area contributed by atoms with Gasteiger partial charge in [0.2, 0.25) is 0 Å². The fraction of sp³-hybridized carbons (Fsp3) is 0.967. The first-order valence-electron chi connectivity index (χ1n) is 14.1. The molecule has 4 aliphatic rings. The van der Waals surface area contributed by atoms with E-state index in [-0.39, 0.29) is 11.0 Å². The van der Waals surface area contributed by atoms with Gasteiger partial charge in [0.25, 0.3) is 0 Å². The lowest BCUT2D eigenvalue weighted by molar-refractivity contribution is -0.152. The number of hydrogen-bond acceptors (Lipinski definition) is 2. The molecule has 0 saturated heterocycles. The molecule has 9 atom stereocenters. The van der Waals surface area contributed by atoms with Gasteiger partial charge in [-0.05, 0) is 131 Å². The van der Waals surface area contributed by atoms with Crippen molar-refractivity contribution in [2.75, 3.05) is 0 Å². The van der Waals surface area contributed by atoms with Crippen molar-refractivity contribution >= 4 is 0 Å². The number of nitrogens with zero attached hydrogens (tertiary/aromatic N) is 1. The molecule has 0 amide bonds. The minimum Gasteiger partial charge on any atom is -0.390 e. The van der Waals surface area contributed by atoms with Crippen LogP contribution in [-0.4, -0.2) is 10.7 Å². The lowest BCUT2D eigenvalue weighted by atomic mass is 9.43. The van der Waals surface area contributed by atoms with Crippen molar-refractivity contribution in [2.24, 2.45) is 51.8 Å². The van der Waals surface area contributed by atoms with Gasteiger partial charge in [-0.25, -0.2) is 0 Å². The molecular formula is C30H51NO. The summed E-state index contributed by atoms with van der Waals surface area (Å²) >= 11 is 0. The van der Waals surface area contributed by atoms with Crippen LogP contribution >= 0.6 is 0 Å². The topological polar surface area (TPSA) is 44.0 Å². The molecule has 1 N–H and O–H groups in total. The van der Waals surface area contributed by atoms with Crippen LogP contribution in [0.25, 0.3) is 0 Å². The second-order valence-corrected chi connectivity index (χ2v) is 14.0. The average molecular weight is 442 g/mol. The third-order valence-corrected chi connectivity index (χ3v) is 12.0. The molecule has 0 aromatic carbocycles. The molecule has 0 aromatic rings. The van der Waals surface area contributed by atoms with Crippen LogP contribution in [0.5, 0.6) is 0 Å². The largest absolute Gasteiger partial charge is 0.390 e. The van der Waals surface area contributed by atoms with E-state index in [1.165, 1.54) is 57.8 Å². The zero-order valence-corrected chi connectivity index (χ0v) is 22.1. The van der Waals surface area contributed by atoms with Gasteiger partial charge in [0.1, 0.15) is 0 Å². The molecule has 32 heavy (non-hydrogen) atoms. The summed E-state index contributed by atoms with van der Waals surface area (Å²) in [6.07, 6.45) is 16.3. The summed E-state index contributed by atoms with van der Waals surface area (Å²) in [4.78, 5) is 0. The standard InChI is InChI=1S/C30H51NO/c1-7-30(32)18-17-28(5)22(19-30)10-11-23-25-13-12-24(29(25,6)16-14-26(23)28)21(2)9-8-15-27(3,4)20-31/h21-26,32H,7-19H2,1-6H3/t21-,22+,23+,24-,25+,26+,28+,29-,30+/m1/s1. The highest BCUT2D eigenvalue weighted by atomic mass is 16.3. The van der Waals surface area contributed by atoms with Crippen molar-refractivity contribution < 1.29 is 5.11 Å². The SMILES string of the molecule is CC[C@]1(O)CC[C@@]2(C)[C@@H](CC[C@@H]3[C@@H]2CC[C@]2(C)[C@@H]([C@H](C)CCCC(C)(C)C#N)CC[C@@H]32)C1. The molecule has 0 unspecified atom stereocenters. The van der Waals surface area contributed by atoms with Gasteiger partial charge in [0.15, 0.2) is 0 Å². The number of fused-ring (bicyclic) bond motifs is 5. The first-order chi connectivity index (χ1) is 15.0. The van der Waals surface area contributed by atoms with Gasteiger partial charge < -0.3 is 5.11 Å². The zero-order chi connectivity index (χ0) is 23.4. The van der Waals surface area contributed by atoms with Gasteiger partial charge in [0.05, 0.1) is 17.1 Å². The molecule has 0 spiro atoms. The van der Waals surface area contributed by atoms with Crippen molar-refractivity contribution in [2.45, 2.75) is 131 Å². The summed E-state index contributed by atoms with van der Waals surface area (Å²) in [5.41, 5.74) is 0.456. The predicted octanol–water partition coefficient (Wildman–Crippen LogP) is 8.14. The van der Waals surface area contributed by atoms with Gasteiger partial charge >= 0.3 is 0 Å². The Morgan fingerprint density at radius 3 is 2.41 bits per heavy atom. The molecule has 2 heteroatoms. The average Bonchev–Trinajstić information content (AvgIpc) is 3.11. The maximum Gasteiger partial charge on any atom is 0.0683 e. The Morgan fingerprint density at radius 2 is 1.72 bits per heavy atom. The van der Waals surface area contributed by atoms with Gasteiger partial charge in [0, 0.05) is 0 Å². The fourth-order valence-corrected chi connectivity index (χ4v) is 9.74. The first-order valence-corrected chi connectivity index (χ1v) is 14.1. The van der Waals surface area contributed by atoms with E-state index >= 15 is 0 Å². The normalized spacial score (nSPS) is 47.1. The van der Waals surface area contributed by atoms with Gasteiger partial charge in [-0.2, -0.15) is 5.26 Å². The Balaban J connectivity index is 1.43. The molecule has 0 heterocycles. The maximum absolute atomic E-state index is 11.0. The monoisotopic (exact) mass is 441 g/mol. The lowest BCUT2D eigenvalue weighted by Gasteiger charge is -2.62. The van der Waals surface area contributed by atoms with Crippen molar-refractivity contribution in [3.63, 3.8) is 0 Å². The Hall–Kier alpha value is -0.550. The summed E-state index contributed by atoms with van der Waals surface area (Å²) in [5.74, 6) is 5.15. The molecule has 0 bridgehead atoms. The number of rotatable bonds is 6. The molecule has 4 aliphatic carbocycles. The predicted molar refractivity (Wildman–Crippen MR) is 133 cm³/mol. The Kier molecular flexibility index (Phi) is 6.60. The van der Waals surface area contributed by atoms with E-state index in [9.17, 15) is 10.4 Å². The van der Waals surface area contributed by atoms with Crippen LogP contribution in [0, 0.1) is 63.1 Å². The first kappa shape index (κ1) is 24.6. The molecule has 0 radical (unpaired) electrons. The highest BCUT2D eigenvalue weighted by Gasteiger charge is 2.61. The molecule has 4 fully saturated rings. The van der Waals surface area contributed by atoms with E-state index < -0.39 is 0 Å². The van der Waals surface area contributed by atoms with Crippen LogP contribution in [0.4, 0.5) is 0 Å². The zero-order valence-electron chi connectivity index (χ0n) is 22.1. The van der Waals surface area contributed by atoms with Gasteiger partial charge in [-0.15, -0.1) is 0 Å². The smallest absolute Gasteiger partial charge is 0.0683 e. The Labute approximate surface area is 198 Å². The lowest BCUT2D eigenvalue weighted by Crippen LogP contribution is -2.56. The van der Waals surface area contributed by atoms with Gasteiger partial charge in [-0.3, -0.25) is 0 Å². The number of aliphatic hydroxyl groups is 1. The minimum atomic E-state index is -0.381. The van der Waals surface area contributed by atoms with Gasteiger partial charge in [-0.1, -0.05) is 40.5 Å². The van der Waals surface area contributed by atoms with E-state index in [1.807, 2.05) is 0 Å². The quantitative estimate of drug-likeness (QED) is 0.452. The summed E-state index contributed by atoms with van der Waals surface area (Å²) in [5, 5.41) is 20.4. The molecule has 182 valence electrons. The van der Waals surface area contributed by atoms with Crippen LogP contribution < -0.4 is 0 Å². The number of hydrogen-bond donors (Lipinski definition) is 1. The van der Waals surface area contributed by atoms with Crippen molar-refractivity contribution in [1.29, 1.82) is 5.26 Å². The van der Waals surface area contributed by atoms with Crippen LogP contribution in [0.3, 0.4) is 0 Å². The summed E-state index contributed by atoms with van der Waals surface area (Å²) in [6, 6.07) is 2.49. The third-order valence-electron chi connectivity index (χ3n) is 12.0. The molecular weight excluding hydrogens is 390 g/mol. The molecule has 4 rings (SSSR count). The molecule has 0 aromatic heterocycles. The molecule has 0 aliphatic heterocycles. The molecule has 2 nitrogen and oxygen atoms in total. The fourth-order valence-electron chi connectivity index (χ4n) is 9.74. The third kappa shape index (κ3) is 4.08. The minimum absolute atomic E-state index is 0.169. The van der Waals surface area contributed by atoms with Crippen LogP contribution in [-0.2, 0) is 0 Å². The van der Waals surface area contributed by atoms with Crippen molar-refractivity contribution in [1.82, 2.24) is 0 Å². The van der Waals surface area contributed by atoms with Crippen molar-refractivity contribution in [3.05, 3.63) is 0 Å². The van der Waals surface area contributed by atoms with Crippen LogP contribution in [0.2, 0.25) is 0 Å². The Bertz CT molecular complexity index is 723. The second kappa shape index (κ2) is 8.59. The summed E-state index contributed by atoms with van der Waals surface area (Å²) < 4.78 is 0. The highest BCUT2D eigenvalue weighted by Crippen LogP contribution is 2.69. The second-order valence-electron chi connectivity index (χ2n) is 14.0. The van der Waals surface area contributed by atoms with Crippen LogP contribution in [0.1, 0.15) is 125 Å². The Morgan fingerprint density at radius 1 is 1.00 bits per heavy atom. The van der Waals surface area contributed by atoms with Crippen molar-refractivity contribution in [3.8, 4) is 6.07 Å². The summed E-state index contributed by atoms with van der Waals surface area (Å²) in [7, 11) is 0. The van der Waals surface area contributed by atoms with Crippen LogP contribution in [0.15, 0.2) is 0 Å². The highest BCUT2D eigenvalue weighted by molar-refractivity contribution is 5.11. The maximum atomic E-state index is 11.0. The van der Waals surface area contributed by atoms with E-state index in [2.05, 4.69) is 47.6 Å². The molecule has 4 saturated carbocycles.